The fourth-order valence-electron chi connectivity index (χ4n) is 5.96. The molecule has 2 aromatic heterocycles. The molecule has 3 heterocycles. The minimum atomic E-state index is 0.210. The molecule has 0 radical (unpaired) electrons. The number of aromatic nitrogens is 3. The average Bonchev–Trinajstić information content (AvgIpc) is 3.67. The van der Waals surface area contributed by atoms with E-state index in [0.29, 0.717) is 34.7 Å². The summed E-state index contributed by atoms with van der Waals surface area (Å²) in [5.74, 6) is 1.18. The van der Waals surface area contributed by atoms with Crippen LogP contribution in [0, 0.1) is 0 Å². The fraction of sp³-hybridized carbons (Fsp3) is 0.400. The highest BCUT2D eigenvalue weighted by molar-refractivity contribution is 6.33. The van der Waals surface area contributed by atoms with Gasteiger partial charge in [-0.2, -0.15) is 0 Å². The Morgan fingerprint density at radius 2 is 1.89 bits per heavy atom. The summed E-state index contributed by atoms with van der Waals surface area (Å²) in [7, 11) is 0. The van der Waals surface area contributed by atoms with Crippen LogP contribution in [0.2, 0.25) is 5.02 Å². The maximum Gasteiger partial charge on any atom is 0.227 e. The predicted octanol–water partition coefficient (Wildman–Crippen LogP) is 5.79. The summed E-state index contributed by atoms with van der Waals surface area (Å²) < 4.78 is 0. The van der Waals surface area contributed by atoms with Crippen molar-refractivity contribution in [2.24, 2.45) is 0 Å². The van der Waals surface area contributed by atoms with Gasteiger partial charge in [0.2, 0.25) is 5.95 Å². The van der Waals surface area contributed by atoms with Crippen molar-refractivity contribution in [3.8, 4) is 11.3 Å². The molecule has 1 aliphatic heterocycles. The Kier molecular flexibility index (Phi) is 7.10. The molecule has 1 saturated carbocycles. The van der Waals surface area contributed by atoms with Gasteiger partial charge >= 0.3 is 0 Å². The number of nitrogens with one attached hydrogen (secondary N) is 2. The predicted molar refractivity (Wildman–Crippen MR) is 154 cm³/mol. The Labute approximate surface area is 228 Å². The topological polar surface area (TPSA) is 80.3 Å². The van der Waals surface area contributed by atoms with E-state index in [9.17, 15) is 5.11 Å². The number of fused-ring (bicyclic) bond motifs is 1. The highest BCUT2D eigenvalue weighted by Crippen LogP contribution is 2.42. The zero-order valence-electron chi connectivity index (χ0n) is 22.0. The van der Waals surface area contributed by atoms with Crippen molar-refractivity contribution in [3.05, 3.63) is 71.0 Å². The molecule has 0 spiro atoms. The van der Waals surface area contributed by atoms with E-state index in [2.05, 4.69) is 63.2 Å². The van der Waals surface area contributed by atoms with E-state index < -0.39 is 0 Å². The van der Waals surface area contributed by atoms with Crippen molar-refractivity contribution in [2.45, 2.75) is 51.2 Å². The Bertz CT molecular complexity index is 1420. The molecule has 7 nitrogen and oxygen atoms in total. The van der Waals surface area contributed by atoms with Crippen LogP contribution in [0.3, 0.4) is 0 Å². The highest BCUT2D eigenvalue weighted by atomic mass is 35.5. The number of nitrogens with zero attached hydrogens (tertiary/aromatic N) is 4. The molecule has 0 unspecified atom stereocenters. The van der Waals surface area contributed by atoms with Gasteiger partial charge in [-0.15, -0.1) is 0 Å². The van der Waals surface area contributed by atoms with Gasteiger partial charge in [0.05, 0.1) is 23.5 Å². The van der Waals surface area contributed by atoms with E-state index in [0.717, 1.165) is 48.3 Å². The SMILES string of the molecule is C[C@@H]1CN(Cc2cc(Nc3ncc(Cl)c(-c4c[nH]c5ccccc45)n3)cc(C3CC3)c2)C[C@H](C)N1CCO. The molecule has 2 aromatic carbocycles. The van der Waals surface area contributed by atoms with E-state index in [-0.39, 0.29) is 6.61 Å². The summed E-state index contributed by atoms with van der Waals surface area (Å²) >= 11 is 6.56. The molecule has 4 aromatic rings. The number of hydrogen-bond donors (Lipinski definition) is 3. The van der Waals surface area contributed by atoms with Crippen molar-refractivity contribution < 1.29 is 5.11 Å². The second-order valence-electron chi connectivity index (χ2n) is 10.9. The van der Waals surface area contributed by atoms with Crippen molar-refractivity contribution in [3.63, 3.8) is 0 Å². The summed E-state index contributed by atoms with van der Waals surface area (Å²) in [5.41, 5.74) is 6.43. The van der Waals surface area contributed by atoms with Crippen LogP contribution in [0.25, 0.3) is 22.2 Å². The number of para-hydroxylation sites is 1. The van der Waals surface area contributed by atoms with Crippen LogP contribution in [0.5, 0.6) is 0 Å². The van der Waals surface area contributed by atoms with Crippen LogP contribution in [0.15, 0.2) is 54.9 Å². The molecule has 1 aliphatic carbocycles. The van der Waals surface area contributed by atoms with Gasteiger partial charge in [-0.1, -0.05) is 35.9 Å². The fourth-order valence-corrected chi connectivity index (χ4v) is 6.15. The Hall–Kier alpha value is -2.97. The molecule has 3 N–H and O–H groups in total. The third-order valence-electron chi connectivity index (χ3n) is 7.85. The first-order valence-electron chi connectivity index (χ1n) is 13.6. The second kappa shape index (κ2) is 10.7. The molecule has 38 heavy (non-hydrogen) atoms. The molecule has 0 bridgehead atoms. The van der Waals surface area contributed by atoms with Crippen molar-refractivity contribution in [1.82, 2.24) is 24.8 Å². The highest BCUT2D eigenvalue weighted by Gasteiger charge is 2.29. The number of aromatic amines is 1. The van der Waals surface area contributed by atoms with Gasteiger partial charge < -0.3 is 15.4 Å². The summed E-state index contributed by atoms with van der Waals surface area (Å²) in [6.45, 7) is 8.36. The van der Waals surface area contributed by atoms with Gasteiger partial charge in [-0.05, 0) is 61.9 Å². The number of piperazine rings is 1. The minimum Gasteiger partial charge on any atom is -0.395 e. The molecule has 0 amide bonds. The van der Waals surface area contributed by atoms with Crippen molar-refractivity contribution in [2.75, 3.05) is 31.6 Å². The largest absolute Gasteiger partial charge is 0.395 e. The third kappa shape index (κ3) is 5.29. The van der Waals surface area contributed by atoms with Gasteiger partial charge in [0, 0.05) is 66.6 Å². The average molecular weight is 531 g/mol. The molecule has 8 heteroatoms. The van der Waals surface area contributed by atoms with Crippen molar-refractivity contribution in [1.29, 1.82) is 0 Å². The molecule has 6 rings (SSSR count). The lowest BCUT2D eigenvalue weighted by Crippen LogP contribution is -2.56. The summed E-state index contributed by atoms with van der Waals surface area (Å²) in [5, 5.41) is 14.5. The van der Waals surface area contributed by atoms with Gasteiger partial charge in [0.1, 0.15) is 0 Å². The van der Waals surface area contributed by atoms with Crippen molar-refractivity contribution >= 4 is 34.1 Å². The summed E-state index contributed by atoms with van der Waals surface area (Å²) in [4.78, 5) is 17.6. The number of rotatable bonds is 8. The van der Waals surface area contributed by atoms with Gasteiger partial charge in [-0.25, -0.2) is 9.97 Å². The molecule has 198 valence electrons. The van der Waals surface area contributed by atoms with Crippen LogP contribution >= 0.6 is 11.6 Å². The quantitative estimate of drug-likeness (QED) is 0.268. The summed E-state index contributed by atoms with van der Waals surface area (Å²) in [6.07, 6.45) is 6.13. The number of aliphatic hydroxyl groups excluding tert-OH is 1. The number of aliphatic hydroxyl groups is 1. The second-order valence-corrected chi connectivity index (χ2v) is 11.3. The first-order valence-corrected chi connectivity index (χ1v) is 13.9. The maximum atomic E-state index is 9.45. The lowest BCUT2D eigenvalue weighted by atomic mass is 10.0. The standard InChI is InChI=1S/C30H35ClN6O/c1-19-16-36(17-20(2)37(19)9-10-38)18-21-11-23(22-7-8-22)13-24(12-21)34-30-33-15-27(31)29(35-30)26-14-32-28-6-4-3-5-25(26)28/h3-6,11-15,19-20,22,32,38H,7-10,16-18H2,1-2H3,(H,33,34,35)/t19-,20+. The Morgan fingerprint density at radius 1 is 1.11 bits per heavy atom. The third-order valence-corrected chi connectivity index (χ3v) is 8.13. The lowest BCUT2D eigenvalue weighted by molar-refractivity contribution is 0.0238. The minimum absolute atomic E-state index is 0.210. The number of hydrogen-bond acceptors (Lipinski definition) is 6. The molecule has 2 aliphatic rings. The van der Waals surface area contributed by atoms with Gasteiger partial charge in [0.15, 0.2) is 0 Å². The molecule has 2 fully saturated rings. The number of H-pyrrole nitrogens is 1. The molecular formula is C30H35ClN6O. The molecule has 1 saturated heterocycles. The molecular weight excluding hydrogens is 496 g/mol. The monoisotopic (exact) mass is 530 g/mol. The zero-order chi connectivity index (χ0) is 26.2. The van der Waals surface area contributed by atoms with Crippen LogP contribution in [-0.4, -0.2) is 68.2 Å². The Balaban J connectivity index is 1.25. The van der Waals surface area contributed by atoms with Crippen LogP contribution in [0.1, 0.15) is 43.7 Å². The van der Waals surface area contributed by atoms with Crippen LogP contribution in [0.4, 0.5) is 11.6 Å². The van der Waals surface area contributed by atoms with Gasteiger partial charge in [-0.3, -0.25) is 9.80 Å². The first kappa shape index (κ1) is 25.3. The molecule has 2 atom stereocenters. The smallest absolute Gasteiger partial charge is 0.227 e. The maximum absolute atomic E-state index is 9.45. The van der Waals surface area contributed by atoms with E-state index in [4.69, 9.17) is 16.6 Å². The van der Waals surface area contributed by atoms with E-state index in [1.54, 1.807) is 6.20 Å². The summed E-state index contributed by atoms with van der Waals surface area (Å²) in [6, 6.07) is 15.8. The van der Waals surface area contributed by atoms with E-state index >= 15 is 0 Å². The van der Waals surface area contributed by atoms with E-state index in [1.165, 1.54) is 24.0 Å². The lowest BCUT2D eigenvalue weighted by Gasteiger charge is -2.44. The Morgan fingerprint density at radius 3 is 2.66 bits per heavy atom. The number of β-amino-alcohol motifs (C(OH)–C–C–N with tert-alkyl or cyclic N) is 1. The number of benzene rings is 2. The number of halogens is 1. The first-order chi connectivity index (χ1) is 18.5. The number of anilines is 2. The van der Waals surface area contributed by atoms with Crippen LogP contribution < -0.4 is 5.32 Å². The zero-order valence-corrected chi connectivity index (χ0v) is 22.7. The van der Waals surface area contributed by atoms with E-state index in [1.807, 2.05) is 24.4 Å². The van der Waals surface area contributed by atoms with Gasteiger partial charge in [0.25, 0.3) is 0 Å². The normalized spacial score (nSPS) is 20.7. The van der Waals surface area contributed by atoms with Crippen LogP contribution in [-0.2, 0) is 6.54 Å².